The first kappa shape index (κ1) is 14.5. The van der Waals surface area contributed by atoms with Gasteiger partial charge >= 0.3 is 0 Å². The smallest absolute Gasteiger partial charge is 0.175 e. The minimum absolute atomic E-state index is 0.326. The summed E-state index contributed by atoms with van der Waals surface area (Å²) < 4.78 is 22.9. The van der Waals surface area contributed by atoms with Gasteiger partial charge in [-0.2, -0.15) is 0 Å². The summed E-state index contributed by atoms with van der Waals surface area (Å²) in [5.41, 5.74) is 1.17. The van der Waals surface area contributed by atoms with E-state index in [1.807, 2.05) is 19.2 Å². The number of hydrogen-bond acceptors (Lipinski definition) is 4. The van der Waals surface area contributed by atoms with Crippen LogP contribution in [0.4, 0.5) is 0 Å². The maximum absolute atomic E-state index is 11.4. The van der Waals surface area contributed by atoms with E-state index in [0.717, 1.165) is 13.1 Å². The van der Waals surface area contributed by atoms with Crippen LogP contribution in [0.3, 0.4) is 0 Å². The molecule has 0 amide bonds. The molecule has 19 heavy (non-hydrogen) atoms. The predicted molar refractivity (Wildman–Crippen MR) is 77.0 cm³/mol. The molecule has 1 heterocycles. The van der Waals surface area contributed by atoms with Crippen LogP contribution in [0, 0.1) is 0 Å². The molecule has 1 fully saturated rings. The fourth-order valence-corrected chi connectivity index (χ4v) is 3.21. The van der Waals surface area contributed by atoms with E-state index in [1.165, 1.54) is 18.2 Å². The van der Waals surface area contributed by atoms with Crippen LogP contribution in [0.2, 0.25) is 0 Å². The van der Waals surface area contributed by atoms with Gasteiger partial charge in [0.1, 0.15) is 0 Å². The molecule has 0 saturated carbocycles. The molecule has 2 unspecified atom stereocenters. The first-order valence-corrected chi connectivity index (χ1v) is 8.52. The third-order valence-electron chi connectivity index (χ3n) is 3.97. The molecule has 0 bridgehead atoms. The highest BCUT2D eigenvalue weighted by Crippen LogP contribution is 2.25. The molecule has 0 spiro atoms. The molecule has 1 aliphatic rings. The highest BCUT2D eigenvalue weighted by molar-refractivity contribution is 7.90. The van der Waals surface area contributed by atoms with E-state index in [2.05, 4.69) is 17.1 Å². The van der Waals surface area contributed by atoms with E-state index in [9.17, 15) is 8.42 Å². The molecular weight excluding hydrogens is 260 g/mol. The molecule has 0 radical (unpaired) electrons. The SMILES string of the molecule is CNC1CCN(C(C)c2ccc(S(C)(=O)=O)cc2)C1. The number of likely N-dealkylation sites (N-methyl/N-ethyl adjacent to an activating group) is 1. The van der Waals surface area contributed by atoms with Gasteiger partial charge in [0.25, 0.3) is 0 Å². The van der Waals surface area contributed by atoms with Gasteiger partial charge in [0, 0.05) is 31.4 Å². The minimum atomic E-state index is -3.10. The summed E-state index contributed by atoms with van der Waals surface area (Å²) in [6.07, 6.45) is 2.41. The molecule has 4 nitrogen and oxygen atoms in total. The molecule has 106 valence electrons. The zero-order valence-corrected chi connectivity index (χ0v) is 12.6. The van der Waals surface area contributed by atoms with Crippen molar-refractivity contribution < 1.29 is 8.42 Å². The number of sulfone groups is 1. The first-order valence-electron chi connectivity index (χ1n) is 6.63. The summed E-state index contributed by atoms with van der Waals surface area (Å²) >= 11 is 0. The second-order valence-corrected chi connectivity index (χ2v) is 7.30. The van der Waals surface area contributed by atoms with Crippen molar-refractivity contribution in [2.45, 2.75) is 30.3 Å². The van der Waals surface area contributed by atoms with Crippen molar-refractivity contribution in [3.05, 3.63) is 29.8 Å². The van der Waals surface area contributed by atoms with Crippen molar-refractivity contribution in [1.29, 1.82) is 0 Å². The van der Waals surface area contributed by atoms with Gasteiger partial charge in [0.15, 0.2) is 9.84 Å². The van der Waals surface area contributed by atoms with E-state index < -0.39 is 9.84 Å². The maximum atomic E-state index is 11.4. The largest absolute Gasteiger partial charge is 0.316 e. The number of hydrogen-bond donors (Lipinski definition) is 1. The van der Waals surface area contributed by atoms with Gasteiger partial charge in [-0.25, -0.2) is 8.42 Å². The second-order valence-electron chi connectivity index (χ2n) is 5.29. The lowest BCUT2D eigenvalue weighted by Crippen LogP contribution is -2.31. The van der Waals surface area contributed by atoms with Crippen LogP contribution in [0.5, 0.6) is 0 Å². The molecule has 1 aliphatic heterocycles. The van der Waals surface area contributed by atoms with Crippen molar-refractivity contribution in [2.75, 3.05) is 26.4 Å². The number of rotatable bonds is 4. The Balaban J connectivity index is 2.10. The zero-order valence-electron chi connectivity index (χ0n) is 11.8. The van der Waals surface area contributed by atoms with Crippen molar-refractivity contribution >= 4 is 9.84 Å². The Morgan fingerprint density at radius 2 is 1.95 bits per heavy atom. The third-order valence-corrected chi connectivity index (χ3v) is 5.09. The van der Waals surface area contributed by atoms with E-state index in [-0.39, 0.29) is 0 Å². The standard InChI is InChI=1S/C14H22N2O2S/c1-11(16-9-8-13(10-16)15-2)12-4-6-14(7-5-12)19(3,17)18/h4-7,11,13,15H,8-10H2,1-3H3. The summed E-state index contributed by atoms with van der Waals surface area (Å²) in [5.74, 6) is 0. The van der Waals surface area contributed by atoms with Crippen LogP contribution in [-0.2, 0) is 9.84 Å². The number of benzene rings is 1. The fraction of sp³-hybridized carbons (Fsp3) is 0.571. The van der Waals surface area contributed by atoms with Crippen LogP contribution in [0.25, 0.3) is 0 Å². The maximum Gasteiger partial charge on any atom is 0.175 e. The normalized spacial score (nSPS) is 22.6. The average molecular weight is 282 g/mol. The molecule has 2 rings (SSSR count). The Morgan fingerprint density at radius 1 is 1.32 bits per heavy atom. The number of nitrogens with one attached hydrogen (secondary N) is 1. The topological polar surface area (TPSA) is 49.4 Å². The first-order chi connectivity index (χ1) is 8.91. The van der Waals surface area contributed by atoms with Crippen LogP contribution in [0.15, 0.2) is 29.2 Å². The van der Waals surface area contributed by atoms with E-state index in [1.54, 1.807) is 12.1 Å². The Hall–Kier alpha value is -0.910. The Labute approximate surface area is 115 Å². The van der Waals surface area contributed by atoms with Crippen LogP contribution >= 0.6 is 0 Å². The van der Waals surface area contributed by atoms with Crippen LogP contribution in [0.1, 0.15) is 24.9 Å². The van der Waals surface area contributed by atoms with Gasteiger partial charge in [0.05, 0.1) is 4.90 Å². The monoisotopic (exact) mass is 282 g/mol. The number of nitrogens with zero attached hydrogens (tertiary/aromatic N) is 1. The fourth-order valence-electron chi connectivity index (χ4n) is 2.58. The van der Waals surface area contributed by atoms with Gasteiger partial charge in [-0.15, -0.1) is 0 Å². The minimum Gasteiger partial charge on any atom is -0.316 e. The van der Waals surface area contributed by atoms with E-state index >= 15 is 0 Å². The molecule has 2 atom stereocenters. The quantitative estimate of drug-likeness (QED) is 0.908. The lowest BCUT2D eigenvalue weighted by molar-refractivity contribution is 0.257. The van der Waals surface area contributed by atoms with Gasteiger partial charge in [-0.3, -0.25) is 4.90 Å². The van der Waals surface area contributed by atoms with Crippen molar-refractivity contribution in [3.63, 3.8) is 0 Å². The van der Waals surface area contributed by atoms with Crippen molar-refractivity contribution in [1.82, 2.24) is 10.2 Å². The van der Waals surface area contributed by atoms with E-state index in [4.69, 9.17) is 0 Å². The summed E-state index contributed by atoms with van der Waals surface area (Å²) in [5, 5.41) is 3.31. The Morgan fingerprint density at radius 3 is 2.42 bits per heavy atom. The molecule has 0 aromatic heterocycles. The van der Waals surface area contributed by atoms with Gasteiger partial charge in [0.2, 0.25) is 0 Å². The van der Waals surface area contributed by atoms with Crippen LogP contribution in [-0.4, -0.2) is 45.8 Å². The number of likely N-dealkylation sites (tertiary alicyclic amines) is 1. The van der Waals surface area contributed by atoms with E-state index in [0.29, 0.717) is 17.0 Å². The lowest BCUT2D eigenvalue weighted by Gasteiger charge is -2.24. The van der Waals surface area contributed by atoms with Gasteiger partial charge in [-0.05, 0) is 38.1 Å². The third kappa shape index (κ3) is 3.35. The molecule has 1 aromatic carbocycles. The highest BCUT2D eigenvalue weighted by atomic mass is 32.2. The average Bonchev–Trinajstić information content (AvgIpc) is 2.86. The van der Waals surface area contributed by atoms with Crippen molar-refractivity contribution in [2.24, 2.45) is 0 Å². The lowest BCUT2D eigenvalue weighted by atomic mass is 10.1. The summed E-state index contributed by atoms with van der Waals surface area (Å²) in [7, 11) is -1.10. The molecule has 5 heteroatoms. The highest BCUT2D eigenvalue weighted by Gasteiger charge is 2.25. The molecule has 1 aromatic rings. The molecule has 1 saturated heterocycles. The summed E-state index contributed by atoms with van der Waals surface area (Å²) in [4.78, 5) is 2.81. The zero-order chi connectivity index (χ0) is 14.0. The van der Waals surface area contributed by atoms with Crippen LogP contribution < -0.4 is 5.32 Å². The predicted octanol–water partition coefficient (Wildman–Crippen LogP) is 1.44. The van der Waals surface area contributed by atoms with Crippen molar-refractivity contribution in [3.8, 4) is 0 Å². The second kappa shape index (κ2) is 5.61. The Kier molecular flexibility index (Phi) is 4.28. The Bertz CT molecular complexity index is 525. The molecular formula is C14H22N2O2S. The molecule has 0 aliphatic carbocycles. The molecule has 1 N–H and O–H groups in total. The van der Waals surface area contributed by atoms with Gasteiger partial charge in [-0.1, -0.05) is 12.1 Å². The summed E-state index contributed by atoms with van der Waals surface area (Å²) in [6.45, 7) is 4.31. The van der Waals surface area contributed by atoms with Gasteiger partial charge < -0.3 is 5.32 Å². The summed E-state index contributed by atoms with van der Waals surface area (Å²) in [6, 6.07) is 8.14.